The first-order valence-corrected chi connectivity index (χ1v) is 23.3. The Morgan fingerprint density at radius 2 is 0.739 bits per heavy atom. The van der Waals surface area contributed by atoms with Crippen molar-refractivity contribution < 1.29 is 38.3 Å². The first kappa shape index (κ1) is 48.3. The molecule has 0 aliphatic carbocycles. The van der Waals surface area contributed by atoms with Gasteiger partial charge < -0.3 is 54.6 Å². The standard InChI is InChI=1S/C39H44O7.C19H19N3O/c1-38(2,29-9-17-34(18-10-29)43-23-36-25-45-36)27-5-13-32(14-6-27)41-21-31(40)22-42-33-15-7-28(8-16-33)39(3,4)30-11-19-35(20-12-30)44-24-37-26-46-37;1-23-19-12-10-18(11-13-19)22(16-6-2-14(20)3-7-16)17-8-4-15(21)5-9-17/h5-20,31,36-37,40H,21-26H2,1-4H3;2-13H,20-21H2,1H3. The van der Waals surface area contributed by atoms with Crippen molar-refractivity contribution in [1.82, 2.24) is 0 Å². The summed E-state index contributed by atoms with van der Waals surface area (Å²) in [6.45, 7) is 11.8. The normalized spacial score (nSPS) is 15.4. The summed E-state index contributed by atoms with van der Waals surface area (Å²) in [6, 6.07) is 56.0. The second kappa shape index (κ2) is 21.8. The zero-order valence-corrected chi connectivity index (χ0v) is 40.0. The number of aliphatic hydroxyl groups is 1. The first-order valence-electron chi connectivity index (χ1n) is 23.3. The fraction of sp³-hybridized carbons (Fsp3) is 0.276. The van der Waals surface area contributed by atoms with Crippen LogP contribution in [0.2, 0.25) is 0 Å². The Labute approximate surface area is 406 Å². The van der Waals surface area contributed by atoms with Gasteiger partial charge in [-0.15, -0.1) is 0 Å². The van der Waals surface area contributed by atoms with E-state index >= 15 is 0 Å². The number of ether oxygens (including phenoxy) is 7. The van der Waals surface area contributed by atoms with Crippen LogP contribution in [0.25, 0.3) is 0 Å². The predicted molar refractivity (Wildman–Crippen MR) is 274 cm³/mol. The Morgan fingerprint density at radius 1 is 0.464 bits per heavy atom. The molecule has 7 aromatic rings. The third kappa shape index (κ3) is 13.1. The average molecular weight is 930 g/mol. The van der Waals surface area contributed by atoms with Gasteiger partial charge >= 0.3 is 0 Å². The molecule has 0 aromatic heterocycles. The molecular formula is C58H63N3O8. The van der Waals surface area contributed by atoms with Gasteiger partial charge in [0.25, 0.3) is 0 Å². The van der Waals surface area contributed by atoms with Crippen molar-refractivity contribution in [3.05, 3.63) is 192 Å². The number of nitrogens with two attached hydrogens (primary N) is 2. The fourth-order valence-electron chi connectivity index (χ4n) is 7.77. The molecule has 0 radical (unpaired) electrons. The second-order valence-electron chi connectivity index (χ2n) is 18.4. The van der Waals surface area contributed by atoms with Crippen molar-refractivity contribution in [2.45, 2.75) is 56.8 Å². The zero-order chi connectivity index (χ0) is 48.4. The molecule has 2 unspecified atom stereocenters. The molecule has 7 aromatic carbocycles. The van der Waals surface area contributed by atoms with E-state index < -0.39 is 6.10 Å². The molecule has 0 amide bonds. The van der Waals surface area contributed by atoms with Gasteiger partial charge in [-0.1, -0.05) is 76.2 Å². The van der Waals surface area contributed by atoms with Crippen LogP contribution in [0.4, 0.5) is 28.4 Å². The highest BCUT2D eigenvalue weighted by molar-refractivity contribution is 5.78. The number of benzene rings is 7. The van der Waals surface area contributed by atoms with Crippen LogP contribution in [0.1, 0.15) is 49.9 Å². The number of epoxide rings is 2. The quantitative estimate of drug-likeness (QED) is 0.0496. The highest BCUT2D eigenvalue weighted by Crippen LogP contribution is 2.37. The van der Waals surface area contributed by atoms with E-state index in [9.17, 15) is 5.11 Å². The van der Waals surface area contributed by atoms with Crippen LogP contribution < -0.4 is 40.1 Å². The van der Waals surface area contributed by atoms with E-state index in [0.717, 1.165) is 58.9 Å². The van der Waals surface area contributed by atoms with Gasteiger partial charge in [-0.2, -0.15) is 0 Å². The van der Waals surface area contributed by atoms with Gasteiger partial charge in [0, 0.05) is 39.3 Å². The molecule has 5 N–H and O–H groups in total. The molecule has 0 bridgehead atoms. The topological polar surface area (TPSA) is 147 Å². The number of nitrogen functional groups attached to an aromatic ring is 2. The summed E-state index contributed by atoms with van der Waals surface area (Å²) in [7, 11) is 1.66. The van der Waals surface area contributed by atoms with E-state index in [0.29, 0.717) is 24.7 Å². The summed E-state index contributed by atoms with van der Waals surface area (Å²) >= 11 is 0. The minimum atomic E-state index is -0.772. The molecule has 2 aliphatic heterocycles. The number of hydrogen-bond acceptors (Lipinski definition) is 11. The molecule has 11 heteroatoms. The van der Waals surface area contributed by atoms with Gasteiger partial charge in [-0.3, -0.25) is 0 Å². The van der Waals surface area contributed by atoms with Crippen LogP contribution in [0.3, 0.4) is 0 Å². The maximum atomic E-state index is 10.5. The maximum Gasteiger partial charge on any atom is 0.122 e. The van der Waals surface area contributed by atoms with Crippen molar-refractivity contribution in [3.63, 3.8) is 0 Å². The molecule has 2 atom stereocenters. The Hall–Kier alpha value is -7.18. The zero-order valence-electron chi connectivity index (χ0n) is 40.0. The number of nitrogens with zero attached hydrogens (tertiary/aromatic N) is 1. The van der Waals surface area contributed by atoms with Crippen molar-refractivity contribution >= 4 is 28.4 Å². The number of anilines is 5. The van der Waals surface area contributed by atoms with Crippen molar-refractivity contribution in [2.75, 3.05) is 63.1 Å². The van der Waals surface area contributed by atoms with Gasteiger partial charge in [0.15, 0.2) is 0 Å². The number of rotatable bonds is 20. The van der Waals surface area contributed by atoms with Crippen molar-refractivity contribution in [2.24, 2.45) is 0 Å². The fourth-order valence-corrected chi connectivity index (χ4v) is 7.77. The Morgan fingerprint density at radius 3 is 1.03 bits per heavy atom. The molecule has 2 fully saturated rings. The van der Waals surface area contributed by atoms with E-state index in [2.05, 4.69) is 81.1 Å². The van der Waals surface area contributed by atoms with Gasteiger partial charge in [-0.25, -0.2) is 0 Å². The monoisotopic (exact) mass is 929 g/mol. The summed E-state index contributed by atoms with van der Waals surface area (Å²) in [6.07, 6.45) is -0.289. The molecule has 11 nitrogen and oxygen atoms in total. The molecule has 0 spiro atoms. The maximum absolute atomic E-state index is 10.5. The number of methoxy groups -OCH3 is 1. The first-order chi connectivity index (χ1) is 33.3. The molecular weight excluding hydrogens is 867 g/mol. The lowest BCUT2D eigenvalue weighted by molar-refractivity contribution is 0.0626. The molecule has 0 saturated carbocycles. The molecule has 2 saturated heterocycles. The van der Waals surface area contributed by atoms with E-state index in [4.69, 9.17) is 44.6 Å². The molecule has 2 aliphatic rings. The lowest BCUT2D eigenvalue weighted by Crippen LogP contribution is -2.25. The lowest BCUT2D eigenvalue weighted by atomic mass is 9.78. The van der Waals surface area contributed by atoms with Gasteiger partial charge in [0.1, 0.15) is 73.5 Å². The Kier molecular flexibility index (Phi) is 15.3. The molecule has 2 heterocycles. The Bertz CT molecular complexity index is 2500. The van der Waals surface area contributed by atoms with Crippen LogP contribution in [0.15, 0.2) is 170 Å². The lowest BCUT2D eigenvalue weighted by Gasteiger charge is -2.26. The summed E-state index contributed by atoms with van der Waals surface area (Å²) in [5.74, 6) is 3.93. The highest BCUT2D eigenvalue weighted by atomic mass is 16.6. The molecule has 9 rings (SSSR count). The molecule has 358 valence electrons. The third-order valence-electron chi connectivity index (χ3n) is 12.5. The highest BCUT2D eigenvalue weighted by Gasteiger charge is 2.27. The van der Waals surface area contributed by atoms with E-state index in [1.807, 2.05) is 121 Å². The van der Waals surface area contributed by atoms with Gasteiger partial charge in [0.2, 0.25) is 0 Å². The van der Waals surface area contributed by atoms with Crippen LogP contribution in [-0.2, 0) is 20.3 Å². The Balaban J connectivity index is 0.000000233. The number of hydrogen-bond donors (Lipinski definition) is 3. The van der Waals surface area contributed by atoms with E-state index in [1.54, 1.807) is 7.11 Å². The summed E-state index contributed by atoms with van der Waals surface area (Å²) < 4.78 is 39.0. The number of aliphatic hydroxyl groups excluding tert-OH is 1. The van der Waals surface area contributed by atoms with Crippen LogP contribution in [-0.4, -0.2) is 70.2 Å². The minimum absolute atomic E-state index is 0.134. The van der Waals surface area contributed by atoms with Crippen molar-refractivity contribution in [1.29, 1.82) is 0 Å². The van der Waals surface area contributed by atoms with Gasteiger partial charge in [0.05, 0.1) is 20.3 Å². The predicted octanol–water partition coefficient (Wildman–Crippen LogP) is 11.0. The molecule has 69 heavy (non-hydrogen) atoms. The SMILES string of the molecule is CC(C)(c1ccc(OCC(O)COc2ccc(C(C)(C)c3ccc(OCC4CO4)cc3)cc2)cc1)c1ccc(OCC2CO2)cc1.COc1ccc(N(c2ccc(N)cc2)c2ccc(N)cc2)cc1. The van der Waals surface area contributed by atoms with E-state index in [1.165, 1.54) is 22.3 Å². The van der Waals surface area contributed by atoms with Crippen LogP contribution >= 0.6 is 0 Å². The smallest absolute Gasteiger partial charge is 0.122 e. The largest absolute Gasteiger partial charge is 0.497 e. The van der Waals surface area contributed by atoms with Crippen LogP contribution in [0.5, 0.6) is 28.7 Å². The summed E-state index contributed by atoms with van der Waals surface area (Å²) in [5, 5.41) is 10.5. The van der Waals surface area contributed by atoms with Crippen molar-refractivity contribution in [3.8, 4) is 28.7 Å². The van der Waals surface area contributed by atoms with E-state index in [-0.39, 0.29) is 36.3 Å². The third-order valence-corrected chi connectivity index (χ3v) is 12.5. The minimum Gasteiger partial charge on any atom is -0.497 e. The summed E-state index contributed by atoms with van der Waals surface area (Å²) in [5.41, 5.74) is 20.5. The summed E-state index contributed by atoms with van der Waals surface area (Å²) in [4.78, 5) is 2.14. The average Bonchev–Trinajstić information content (AvgIpc) is 4.33. The second-order valence-corrected chi connectivity index (χ2v) is 18.4. The van der Waals surface area contributed by atoms with Crippen LogP contribution in [0, 0.1) is 0 Å². The van der Waals surface area contributed by atoms with Gasteiger partial charge in [-0.05, 0) is 144 Å².